The topological polar surface area (TPSA) is 115 Å². The Kier molecular flexibility index (Phi) is 12.0. The lowest BCUT2D eigenvalue weighted by atomic mass is 9.39. The van der Waals surface area contributed by atoms with Gasteiger partial charge in [0.05, 0.1) is 12.2 Å². The van der Waals surface area contributed by atoms with Gasteiger partial charge in [0.25, 0.3) is 0 Å². The second kappa shape index (κ2) is 16.0. The van der Waals surface area contributed by atoms with E-state index in [-0.39, 0.29) is 12.2 Å². The zero-order chi connectivity index (χ0) is 40.7. The van der Waals surface area contributed by atoms with Gasteiger partial charge in [0.1, 0.15) is 7.28 Å². The number of aliphatic hydroxyl groups excluding tert-OH is 2. The molecule has 0 heterocycles. The number of hydrogen-bond acceptors (Lipinski definition) is 4. The summed E-state index contributed by atoms with van der Waals surface area (Å²) in [5, 5.41) is 41.4. The molecule has 8 fully saturated rings. The van der Waals surface area contributed by atoms with Crippen LogP contribution in [0.2, 0.25) is 12.6 Å². The summed E-state index contributed by atoms with van der Waals surface area (Å²) >= 11 is 0. The highest BCUT2D eigenvalue weighted by Gasteiger charge is 2.64. The molecule has 8 rings (SSSR count). The van der Waals surface area contributed by atoms with Crippen LogP contribution >= 0.6 is 0 Å². The second-order valence-electron chi connectivity index (χ2n) is 24.0. The van der Waals surface area contributed by atoms with Gasteiger partial charge >= 0.3 is 11.9 Å². The first-order chi connectivity index (χ1) is 27.0. The minimum atomic E-state index is -0.653. The van der Waals surface area contributed by atoms with Gasteiger partial charge in [-0.05, 0) is 220 Å². The molecule has 0 spiro atoms. The third kappa shape index (κ3) is 7.32. The minimum absolute atomic E-state index is 0.149. The smallest absolute Gasteiger partial charge is 0.303 e. The van der Waals surface area contributed by atoms with Crippen molar-refractivity contribution in [2.45, 2.75) is 195 Å². The summed E-state index contributed by atoms with van der Waals surface area (Å²) in [6.07, 6.45) is 23.9. The minimum Gasteiger partial charge on any atom is -0.481 e. The van der Waals surface area contributed by atoms with Crippen molar-refractivity contribution in [3.63, 3.8) is 0 Å². The molecule has 6 nitrogen and oxygen atoms in total. The van der Waals surface area contributed by atoms with Crippen molar-refractivity contribution in [3.8, 4) is 0 Å². The predicted octanol–water partition coefficient (Wildman–Crippen LogP) is 10.8. The Bertz CT molecular complexity index is 1360. The molecule has 8 aliphatic carbocycles. The van der Waals surface area contributed by atoms with Crippen LogP contribution in [-0.2, 0) is 9.59 Å². The van der Waals surface area contributed by atoms with Crippen LogP contribution in [0.1, 0.15) is 170 Å². The molecular weight excluding hydrogens is 707 g/mol. The maximum Gasteiger partial charge on any atom is 0.303 e. The molecule has 322 valence electrons. The quantitative estimate of drug-likeness (QED) is 0.146. The molecular formula is C50H83BO6. The van der Waals surface area contributed by atoms with E-state index in [1.54, 1.807) is 0 Å². The Labute approximate surface area is 347 Å². The highest BCUT2D eigenvalue weighted by Crippen LogP contribution is 2.72. The maximum absolute atomic E-state index is 11.5. The normalized spacial score (nSPS) is 51.2. The number of carboxylic acid groups (broad SMARTS) is 2. The average Bonchev–Trinajstić information content (AvgIpc) is 3.71. The number of hydrogen-bond donors (Lipinski definition) is 4. The van der Waals surface area contributed by atoms with E-state index < -0.39 is 11.9 Å². The van der Waals surface area contributed by atoms with Gasteiger partial charge in [-0.3, -0.25) is 9.59 Å². The summed E-state index contributed by atoms with van der Waals surface area (Å²) in [5.41, 5.74) is 1.29. The monoisotopic (exact) mass is 791 g/mol. The second-order valence-corrected chi connectivity index (χ2v) is 24.0. The first-order valence-electron chi connectivity index (χ1n) is 24.8. The van der Waals surface area contributed by atoms with Crippen LogP contribution in [0.4, 0.5) is 0 Å². The molecule has 0 bridgehead atoms. The van der Waals surface area contributed by atoms with Crippen LogP contribution in [0, 0.1) is 105 Å². The lowest BCUT2D eigenvalue weighted by molar-refractivity contribution is -0.150. The molecule has 0 saturated heterocycles. The molecule has 0 radical (unpaired) electrons. The molecule has 8 aliphatic rings. The SMILES string of the molecule is C[C@H](CCC(=O)O)C1CCC2C3CC(CBCC4CC5C(CC[C@@]6(C)C5CCC6[C@H](C)CCC(=O)O)[C@@]5(C)CCC(O)CC45)C4CC(O)CC[C@]4(C)C3CC[C@@]21C. The van der Waals surface area contributed by atoms with Gasteiger partial charge < -0.3 is 20.4 Å². The van der Waals surface area contributed by atoms with E-state index in [9.17, 15) is 30.0 Å². The van der Waals surface area contributed by atoms with E-state index in [1.165, 1.54) is 97.0 Å². The molecule has 20 atom stereocenters. The van der Waals surface area contributed by atoms with Crippen molar-refractivity contribution in [3.05, 3.63) is 0 Å². The summed E-state index contributed by atoms with van der Waals surface area (Å²) in [6, 6.07) is 0. The van der Waals surface area contributed by atoms with Gasteiger partial charge in [0.15, 0.2) is 0 Å². The molecule has 0 aliphatic heterocycles. The number of rotatable bonds is 12. The Morgan fingerprint density at radius 3 is 1.28 bits per heavy atom. The van der Waals surface area contributed by atoms with Gasteiger partial charge in [-0.2, -0.15) is 0 Å². The van der Waals surface area contributed by atoms with Gasteiger partial charge in [-0.15, -0.1) is 0 Å². The van der Waals surface area contributed by atoms with Crippen LogP contribution in [0.25, 0.3) is 0 Å². The number of carbonyl (C=O) groups is 2. The van der Waals surface area contributed by atoms with E-state index in [4.69, 9.17) is 0 Å². The highest BCUT2D eigenvalue weighted by molar-refractivity contribution is 6.35. The number of fused-ring (bicyclic) bond motifs is 10. The van der Waals surface area contributed by atoms with E-state index >= 15 is 0 Å². The third-order valence-corrected chi connectivity index (χ3v) is 21.9. The molecule has 57 heavy (non-hydrogen) atoms. The number of aliphatic carboxylic acids is 2. The van der Waals surface area contributed by atoms with Crippen molar-refractivity contribution in [1.29, 1.82) is 0 Å². The number of aliphatic hydroxyl groups is 2. The van der Waals surface area contributed by atoms with Crippen molar-refractivity contribution in [1.82, 2.24) is 0 Å². The van der Waals surface area contributed by atoms with Crippen LogP contribution in [0.3, 0.4) is 0 Å². The Balaban J connectivity index is 0.997. The van der Waals surface area contributed by atoms with E-state index in [2.05, 4.69) is 41.5 Å². The molecule has 7 heteroatoms. The van der Waals surface area contributed by atoms with Crippen LogP contribution < -0.4 is 0 Å². The van der Waals surface area contributed by atoms with Crippen LogP contribution in [-0.4, -0.2) is 51.9 Å². The zero-order valence-corrected chi connectivity index (χ0v) is 37.1. The lowest BCUT2D eigenvalue weighted by Gasteiger charge is -2.64. The Hall–Kier alpha value is -1.08. The standard InChI is InChI=1S/C50H83BO6/c1-29(7-13-45(54)55)37-9-11-39-35-23-31(43-25-33(52)15-19-49(43,5)41(35)17-21-47(37,39)3)27-51-28-32-24-36-40-12-10-38(30(2)8-14-46(56)57)48(40,4)22-18-42(36)50(6)20-16-34(53)26-44(32)50/h29-44,51-53H,7-28H2,1-6H3,(H,54,55)(H,56,57)/t29-,30-,31?,32?,33?,34?,35?,36?,37?,38?,39?,40?,41?,42?,43?,44?,47-,48-,49-,50-/m1/s1. The Morgan fingerprint density at radius 2 is 0.895 bits per heavy atom. The molecule has 8 saturated carbocycles. The number of carboxylic acids is 2. The van der Waals surface area contributed by atoms with Crippen molar-refractivity contribution < 1.29 is 30.0 Å². The molecule has 0 aromatic heterocycles. The molecule has 4 N–H and O–H groups in total. The fourth-order valence-electron chi connectivity index (χ4n) is 19.3. The molecule has 0 aromatic carbocycles. The van der Waals surface area contributed by atoms with E-state index in [0.29, 0.717) is 81.8 Å². The Morgan fingerprint density at radius 1 is 0.526 bits per heavy atom. The lowest BCUT2D eigenvalue weighted by Crippen LogP contribution is -2.57. The third-order valence-electron chi connectivity index (χ3n) is 21.9. The van der Waals surface area contributed by atoms with Gasteiger partial charge in [0.2, 0.25) is 0 Å². The summed E-state index contributed by atoms with van der Waals surface area (Å²) < 4.78 is 0. The highest BCUT2D eigenvalue weighted by atomic mass is 16.4. The maximum atomic E-state index is 11.5. The zero-order valence-electron chi connectivity index (χ0n) is 37.1. The van der Waals surface area contributed by atoms with Crippen molar-refractivity contribution in [2.24, 2.45) is 105 Å². The first kappa shape index (κ1) is 42.6. The summed E-state index contributed by atoms with van der Waals surface area (Å²) in [7, 11) is 1.28. The van der Waals surface area contributed by atoms with Gasteiger partial charge in [-0.1, -0.05) is 54.2 Å². The largest absolute Gasteiger partial charge is 0.481 e. The predicted molar refractivity (Wildman–Crippen MR) is 229 cm³/mol. The van der Waals surface area contributed by atoms with E-state index in [0.717, 1.165) is 74.0 Å². The molecule has 14 unspecified atom stereocenters. The summed E-state index contributed by atoms with van der Waals surface area (Å²) in [6.45, 7) is 15.2. The average molecular weight is 791 g/mol. The van der Waals surface area contributed by atoms with Crippen LogP contribution in [0.15, 0.2) is 0 Å². The van der Waals surface area contributed by atoms with Gasteiger partial charge in [-0.25, -0.2) is 0 Å². The van der Waals surface area contributed by atoms with Crippen LogP contribution in [0.5, 0.6) is 0 Å². The fourth-order valence-corrected chi connectivity index (χ4v) is 19.3. The van der Waals surface area contributed by atoms with E-state index in [1.807, 2.05) is 0 Å². The van der Waals surface area contributed by atoms with Crippen molar-refractivity contribution in [2.75, 3.05) is 0 Å². The van der Waals surface area contributed by atoms with Gasteiger partial charge in [0, 0.05) is 12.8 Å². The molecule has 0 amide bonds. The van der Waals surface area contributed by atoms with Crippen molar-refractivity contribution >= 4 is 19.2 Å². The summed E-state index contributed by atoms with van der Waals surface area (Å²) in [4.78, 5) is 23.1. The summed E-state index contributed by atoms with van der Waals surface area (Å²) in [5.74, 6) is 8.07. The first-order valence-corrected chi connectivity index (χ1v) is 24.8. The fraction of sp³-hybridized carbons (Fsp3) is 0.960. The molecule has 0 aromatic rings.